The number of hydrogen-bond donors (Lipinski definition) is 2. The van der Waals surface area contributed by atoms with E-state index in [1.54, 1.807) is 0 Å². The maximum Gasteiger partial charge on any atom is 0.252 e. The number of nitrogens with two attached hydrogens (primary N) is 1. The molecule has 1 amide bonds. The highest BCUT2D eigenvalue weighted by Crippen LogP contribution is 2.23. The second-order valence-electron chi connectivity index (χ2n) is 4.66. The molecule has 2 rings (SSSR count). The average molecular weight is 351 g/mol. The molecule has 0 saturated heterocycles. The van der Waals surface area contributed by atoms with Crippen LogP contribution in [0.5, 0.6) is 0 Å². The third-order valence-corrected chi connectivity index (χ3v) is 3.93. The van der Waals surface area contributed by atoms with Gasteiger partial charge in [0.25, 0.3) is 5.91 Å². The predicted molar refractivity (Wildman–Crippen MR) is 85.5 cm³/mol. The second kappa shape index (κ2) is 6.72. The number of anilines is 1. The predicted octanol–water partition coefficient (Wildman–Crippen LogP) is 3.66. The highest BCUT2D eigenvalue weighted by Gasteiger charge is 2.13. The van der Waals surface area contributed by atoms with E-state index in [1.807, 2.05) is 24.3 Å². The van der Waals surface area contributed by atoms with Crippen LogP contribution in [-0.2, 0) is 13.0 Å². The zero-order chi connectivity index (χ0) is 15.4. The lowest BCUT2D eigenvalue weighted by molar-refractivity contribution is 0.0950. The molecule has 2 aromatic carbocycles. The zero-order valence-corrected chi connectivity index (χ0v) is 13.2. The topological polar surface area (TPSA) is 55.1 Å². The van der Waals surface area contributed by atoms with E-state index in [0.717, 1.165) is 12.0 Å². The Bertz CT molecular complexity index is 673. The van der Waals surface area contributed by atoms with Gasteiger partial charge in [-0.3, -0.25) is 4.79 Å². The third kappa shape index (κ3) is 3.61. The summed E-state index contributed by atoms with van der Waals surface area (Å²) in [6.07, 6.45) is 0.902. The van der Waals surface area contributed by atoms with E-state index >= 15 is 0 Å². The Hall–Kier alpha value is -1.88. The van der Waals surface area contributed by atoms with Gasteiger partial charge >= 0.3 is 0 Å². The van der Waals surface area contributed by atoms with Crippen LogP contribution in [0.15, 0.2) is 40.9 Å². The SMILES string of the molecule is CCc1ccccc1CNC(=O)c1cc(N)c(F)cc1Br. The van der Waals surface area contributed by atoms with Crippen molar-refractivity contribution in [1.82, 2.24) is 5.32 Å². The summed E-state index contributed by atoms with van der Waals surface area (Å²) in [6.45, 7) is 2.49. The molecule has 0 saturated carbocycles. The van der Waals surface area contributed by atoms with Gasteiger partial charge in [-0.2, -0.15) is 0 Å². The van der Waals surface area contributed by atoms with Gasteiger partial charge in [0.15, 0.2) is 0 Å². The molecule has 3 nitrogen and oxygen atoms in total. The van der Waals surface area contributed by atoms with Crippen molar-refractivity contribution in [3.05, 3.63) is 63.4 Å². The molecular formula is C16H16BrFN2O. The minimum atomic E-state index is -0.547. The van der Waals surface area contributed by atoms with Crippen molar-refractivity contribution in [1.29, 1.82) is 0 Å². The van der Waals surface area contributed by atoms with E-state index in [2.05, 4.69) is 28.2 Å². The highest BCUT2D eigenvalue weighted by molar-refractivity contribution is 9.10. The Morgan fingerprint density at radius 2 is 1.95 bits per heavy atom. The molecule has 0 fully saturated rings. The molecular weight excluding hydrogens is 335 g/mol. The number of carbonyl (C=O) groups is 1. The lowest BCUT2D eigenvalue weighted by atomic mass is 10.1. The van der Waals surface area contributed by atoms with E-state index in [0.29, 0.717) is 16.6 Å². The van der Waals surface area contributed by atoms with Gasteiger partial charge in [-0.1, -0.05) is 31.2 Å². The number of benzene rings is 2. The van der Waals surface area contributed by atoms with Gasteiger partial charge in [0, 0.05) is 11.0 Å². The minimum absolute atomic E-state index is 0.0442. The number of nitrogen functional groups attached to an aromatic ring is 1. The summed E-state index contributed by atoms with van der Waals surface area (Å²) in [6, 6.07) is 10.5. The molecule has 2 aromatic rings. The maximum absolute atomic E-state index is 13.3. The summed E-state index contributed by atoms with van der Waals surface area (Å²) in [4.78, 5) is 12.2. The summed E-state index contributed by atoms with van der Waals surface area (Å²) < 4.78 is 13.7. The lowest BCUT2D eigenvalue weighted by Gasteiger charge is -2.11. The van der Waals surface area contributed by atoms with Gasteiger partial charge in [-0.05, 0) is 45.6 Å². The number of halogens is 2. The van der Waals surface area contributed by atoms with Gasteiger partial charge in [0.1, 0.15) is 5.82 Å². The first-order chi connectivity index (χ1) is 10.0. The standard InChI is InChI=1S/C16H16BrFN2O/c1-2-10-5-3-4-6-11(10)9-20-16(21)12-7-15(19)14(18)8-13(12)17/h3-8H,2,9,19H2,1H3,(H,20,21). The normalized spacial score (nSPS) is 10.4. The molecule has 0 heterocycles. The average Bonchev–Trinajstić information content (AvgIpc) is 2.48. The molecule has 0 spiro atoms. The van der Waals surface area contributed by atoms with Gasteiger partial charge in [0.2, 0.25) is 0 Å². The van der Waals surface area contributed by atoms with Crippen molar-refractivity contribution in [3.8, 4) is 0 Å². The van der Waals surface area contributed by atoms with Crippen LogP contribution in [0.4, 0.5) is 10.1 Å². The van der Waals surface area contributed by atoms with Gasteiger partial charge in [-0.15, -0.1) is 0 Å². The van der Waals surface area contributed by atoms with Crippen LogP contribution in [0.25, 0.3) is 0 Å². The number of hydrogen-bond acceptors (Lipinski definition) is 2. The lowest BCUT2D eigenvalue weighted by Crippen LogP contribution is -2.24. The molecule has 0 atom stereocenters. The second-order valence-corrected chi connectivity index (χ2v) is 5.51. The molecule has 110 valence electrons. The van der Waals surface area contributed by atoms with Crippen LogP contribution in [0.2, 0.25) is 0 Å². The Morgan fingerprint density at radius 3 is 2.62 bits per heavy atom. The quantitative estimate of drug-likeness (QED) is 0.826. The van der Waals surface area contributed by atoms with E-state index in [9.17, 15) is 9.18 Å². The van der Waals surface area contributed by atoms with Crippen molar-refractivity contribution < 1.29 is 9.18 Å². The first-order valence-electron chi connectivity index (χ1n) is 6.62. The summed E-state index contributed by atoms with van der Waals surface area (Å²) in [5, 5.41) is 2.83. The summed E-state index contributed by atoms with van der Waals surface area (Å²) in [5.74, 6) is -0.839. The highest BCUT2D eigenvalue weighted by atomic mass is 79.9. The van der Waals surface area contributed by atoms with Crippen LogP contribution < -0.4 is 11.1 Å². The van der Waals surface area contributed by atoms with Crippen LogP contribution in [0, 0.1) is 5.82 Å². The Balaban J connectivity index is 2.14. The molecule has 21 heavy (non-hydrogen) atoms. The van der Waals surface area contributed by atoms with Gasteiger partial charge in [0.05, 0.1) is 11.3 Å². The molecule has 0 unspecified atom stereocenters. The maximum atomic E-state index is 13.3. The van der Waals surface area contributed by atoms with Crippen LogP contribution in [0.1, 0.15) is 28.4 Å². The van der Waals surface area contributed by atoms with Crippen molar-refractivity contribution in [2.24, 2.45) is 0 Å². The summed E-state index contributed by atoms with van der Waals surface area (Å²) in [7, 11) is 0. The molecule has 0 aromatic heterocycles. The molecule has 0 radical (unpaired) electrons. The van der Waals surface area contributed by atoms with Crippen molar-refractivity contribution in [2.45, 2.75) is 19.9 Å². The summed E-state index contributed by atoms with van der Waals surface area (Å²) in [5.41, 5.74) is 8.04. The van der Waals surface area contributed by atoms with Crippen molar-refractivity contribution in [3.63, 3.8) is 0 Å². The Kier molecular flexibility index (Phi) is 4.96. The van der Waals surface area contributed by atoms with E-state index < -0.39 is 5.82 Å². The molecule has 5 heteroatoms. The molecule has 3 N–H and O–H groups in total. The first kappa shape index (κ1) is 15.5. The minimum Gasteiger partial charge on any atom is -0.396 e. The van der Waals surface area contributed by atoms with Crippen LogP contribution >= 0.6 is 15.9 Å². The Morgan fingerprint density at radius 1 is 1.29 bits per heavy atom. The van der Waals surface area contributed by atoms with Crippen molar-refractivity contribution in [2.75, 3.05) is 5.73 Å². The number of carbonyl (C=O) groups excluding carboxylic acids is 1. The fourth-order valence-corrected chi connectivity index (χ4v) is 2.58. The van der Waals surface area contributed by atoms with Gasteiger partial charge in [-0.25, -0.2) is 4.39 Å². The van der Waals surface area contributed by atoms with E-state index in [1.165, 1.54) is 17.7 Å². The number of nitrogens with one attached hydrogen (secondary N) is 1. The largest absolute Gasteiger partial charge is 0.396 e. The van der Waals surface area contributed by atoms with Gasteiger partial charge < -0.3 is 11.1 Å². The Labute approximate surface area is 131 Å². The fourth-order valence-electron chi connectivity index (χ4n) is 2.09. The van der Waals surface area contributed by atoms with Crippen LogP contribution in [0.3, 0.4) is 0 Å². The number of amides is 1. The van der Waals surface area contributed by atoms with E-state index in [4.69, 9.17) is 5.73 Å². The van der Waals surface area contributed by atoms with Crippen LogP contribution in [-0.4, -0.2) is 5.91 Å². The van der Waals surface area contributed by atoms with Crippen molar-refractivity contribution >= 4 is 27.5 Å². The van der Waals surface area contributed by atoms with E-state index in [-0.39, 0.29) is 11.6 Å². The molecule has 0 aliphatic rings. The first-order valence-corrected chi connectivity index (χ1v) is 7.41. The zero-order valence-electron chi connectivity index (χ0n) is 11.6. The fraction of sp³-hybridized carbons (Fsp3) is 0.188. The molecule has 0 bridgehead atoms. The third-order valence-electron chi connectivity index (χ3n) is 3.27. The number of aryl methyl sites for hydroxylation is 1. The monoisotopic (exact) mass is 350 g/mol. The molecule has 0 aliphatic carbocycles. The molecule has 0 aliphatic heterocycles. The number of rotatable bonds is 4. The smallest absolute Gasteiger partial charge is 0.252 e. The summed E-state index contributed by atoms with van der Waals surface area (Å²) >= 11 is 3.18.